The number of anilines is 3. The van der Waals surface area contributed by atoms with E-state index in [2.05, 4.69) is 16.4 Å². The monoisotopic (exact) mass is 226 g/mol. The Morgan fingerprint density at radius 3 is 2.71 bits per heavy atom. The molecule has 3 nitrogen and oxygen atoms in total. The van der Waals surface area contributed by atoms with E-state index in [0.29, 0.717) is 11.5 Å². The topological polar surface area (TPSA) is 50.9 Å². The Morgan fingerprint density at radius 1 is 1.24 bits per heavy atom. The molecule has 0 amide bonds. The Morgan fingerprint density at radius 2 is 2.00 bits per heavy atom. The van der Waals surface area contributed by atoms with Crippen LogP contribution in [0, 0.1) is 26.8 Å². The molecule has 0 atom stereocenters. The van der Waals surface area contributed by atoms with E-state index in [0.717, 1.165) is 22.5 Å². The van der Waals surface area contributed by atoms with Gasteiger partial charge >= 0.3 is 0 Å². The first-order valence-electron chi connectivity index (χ1n) is 5.55. The first-order chi connectivity index (χ1) is 8.06. The van der Waals surface area contributed by atoms with Gasteiger partial charge in [0.15, 0.2) is 5.82 Å². The molecule has 0 aliphatic heterocycles. The normalized spacial score (nSPS) is 10.3. The van der Waals surface area contributed by atoms with Crippen LogP contribution in [0.25, 0.3) is 0 Å². The molecule has 0 unspecified atom stereocenters. The SMILES string of the molecule is Cc1[c]ccc(Nc2nc(C)cc(C)c2N)c1. The Hall–Kier alpha value is -2.03. The minimum absolute atomic E-state index is 0.695. The summed E-state index contributed by atoms with van der Waals surface area (Å²) in [5.74, 6) is 0.716. The zero-order valence-electron chi connectivity index (χ0n) is 10.3. The number of nitrogens with one attached hydrogen (secondary N) is 1. The highest BCUT2D eigenvalue weighted by Crippen LogP contribution is 2.24. The molecule has 0 spiro atoms. The van der Waals surface area contributed by atoms with Gasteiger partial charge in [-0.2, -0.15) is 0 Å². The van der Waals surface area contributed by atoms with Crippen LogP contribution in [0.5, 0.6) is 0 Å². The van der Waals surface area contributed by atoms with E-state index in [1.807, 2.05) is 45.0 Å². The molecule has 2 rings (SSSR count). The van der Waals surface area contributed by atoms with Crippen molar-refractivity contribution in [3.63, 3.8) is 0 Å². The fraction of sp³-hybridized carbons (Fsp3) is 0.214. The van der Waals surface area contributed by atoms with Crippen molar-refractivity contribution in [1.82, 2.24) is 4.98 Å². The minimum atomic E-state index is 0.695. The second kappa shape index (κ2) is 4.45. The summed E-state index contributed by atoms with van der Waals surface area (Å²) >= 11 is 0. The van der Waals surface area contributed by atoms with E-state index in [-0.39, 0.29) is 0 Å². The van der Waals surface area contributed by atoms with Crippen LogP contribution < -0.4 is 11.1 Å². The van der Waals surface area contributed by atoms with Gasteiger partial charge < -0.3 is 11.1 Å². The molecule has 1 radical (unpaired) electrons. The van der Waals surface area contributed by atoms with Gasteiger partial charge in [-0.15, -0.1) is 0 Å². The predicted molar refractivity (Wildman–Crippen MR) is 71.4 cm³/mol. The summed E-state index contributed by atoms with van der Waals surface area (Å²) in [4.78, 5) is 4.41. The number of pyridine rings is 1. The van der Waals surface area contributed by atoms with Crippen LogP contribution in [-0.4, -0.2) is 4.98 Å². The maximum absolute atomic E-state index is 6.00. The van der Waals surface area contributed by atoms with Crippen molar-refractivity contribution >= 4 is 17.2 Å². The predicted octanol–water partition coefficient (Wildman–Crippen LogP) is 3.13. The lowest BCUT2D eigenvalue weighted by atomic mass is 10.2. The number of nitrogen functional groups attached to an aromatic ring is 1. The lowest BCUT2D eigenvalue weighted by Crippen LogP contribution is -2.02. The van der Waals surface area contributed by atoms with Crippen molar-refractivity contribution in [2.24, 2.45) is 0 Å². The summed E-state index contributed by atoms with van der Waals surface area (Å²) < 4.78 is 0. The average Bonchev–Trinajstić information content (AvgIpc) is 2.25. The summed E-state index contributed by atoms with van der Waals surface area (Å²) in [6.07, 6.45) is 0. The number of benzene rings is 1. The average molecular weight is 226 g/mol. The molecule has 0 bridgehead atoms. The van der Waals surface area contributed by atoms with Crippen molar-refractivity contribution in [3.05, 3.63) is 47.2 Å². The molecule has 3 heteroatoms. The first kappa shape index (κ1) is 11.5. The molecule has 17 heavy (non-hydrogen) atoms. The lowest BCUT2D eigenvalue weighted by molar-refractivity contribution is 1.18. The van der Waals surface area contributed by atoms with Crippen LogP contribution in [0.4, 0.5) is 17.2 Å². The summed E-state index contributed by atoms with van der Waals surface area (Å²) in [7, 11) is 0. The third-order valence-corrected chi connectivity index (χ3v) is 2.60. The Kier molecular flexibility index (Phi) is 3.00. The lowest BCUT2D eigenvalue weighted by Gasteiger charge is -2.11. The Balaban J connectivity index is 2.36. The quantitative estimate of drug-likeness (QED) is 0.827. The molecule has 0 fully saturated rings. The van der Waals surface area contributed by atoms with Gasteiger partial charge in [-0.25, -0.2) is 4.98 Å². The first-order valence-corrected chi connectivity index (χ1v) is 5.55. The molecule has 0 saturated carbocycles. The third-order valence-electron chi connectivity index (χ3n) is 2.60. The summed E-state index contributed by atoms with van der Waals surface area (Å²) in [6.45, 7) is 5.95. The van der Waals surface area contributed by atoms with Gasteiger partial charge in [0.1, 0.15) is 0 Å². The number of hydrogen-bond acceptors (Lipinski definition) is 3. The molecule has 87 valence electrons. The van der Waals surface area contributed by atoms with Crippen LogP contribution in [-0.2, 0) is 0 Å². The number of aromatic nitrogens is 1. The highest BCUT2D eigenvalue weighted by molar-refractivity contribution is 5.71. The number of nitrogens with two attached hydrogens (primary N) is 1. The zero-order valence-corrected chi connectivity index (χ0v) is 10.3. The smallest absolute Gasteiger partial charge is 0.154 e. The molecular formula is C14H16N3. The molecule has 0 saturated heterocycles. The van der Waals surface area contributed by atoms with E-state index in [1.54, 1.807) is 0 Å². The van der Waals surface area contributed by atoms with Gasteiger partial charge in [0.2, 0.25) is 0 Å². The maximum Gasteiger partial charge on any atom is 0.154 e. The van der Waals surface area contributed by atoms with E-state index in [9.17, 15) is 0 Å². The van der Waals surface area contributed by atoms with Crippen LogP contribution in [0.15, 0.2) is 24.3 Å². The van der Waals surface area contributed by atoms with Crippen LogP contribution in [0.1, 0.15) is 16.8 Å². The zero-order chi connectivity index (χ0) is 12.4. The summed E-state index contributed by atoms with van der Waals surface area (Å²) in [6, 6.07) is 10.9. The van der Waals surface area contributed by atoms with E-state index < -0.39 is 0 Å². The van der Waals surface area contributed by atoms with Crippen molar-refractivity contribution in [2.45, 2.75) is 20.8 Å². The van der Waals surface area contributed by atoms with Crippen LogP contribution in [0.2, 0.25) is 0 Å². The molecule has 0 aliphatic carbocycles. The highest BCUT2D eigenvalue weighted by Gasteiger charge is 2.05. The van der Waals surface area contributed by atoms with Crippen LogP contribution in [0.3, 0.4) is 0 Å². The second-order valence-corrected chi connectivity index (χ2v) is 4.23. The molecule has 1 heterocycles. The molecule has 0 aliphatic rings. The number of rotatable bonds is 2. The molecule has 3 N–H and O–H groups in total. The van der Waals surface area contributed by atoms with Crippen LogP contribution >= 0.6 is 0 Å². The number of nitrogens with zero attached hydrogens (tertiary/aromatic N) is 1. The summed E-state index contributed by atoms with van der Waals surface area (Å²) in [5, 5.41) is 3.24. The molecular weight excluding hydrogens is 210 g/mol. The number of hydrogen-bond donors (Lipinski definition) is 2. The van der Waals surface area contributed by atoms with Crippen molar-refractivity contribution in [3.8, 4) is 0 Å². The highest BCUT2D eigenvalue weighted by atomic mass is 15.0. The third kappa shape index (κ3) is 2.56. The van der Waals surface area contributed by atoms with Gasteiger partial charge in [0.25, 0.3) is 0 Å². The Labute approximate surface area is 102 Å². The van der Waals surface area contributed by atoms with E-state index in [1.165, 1.54) is 0 Å². The summed E-state index contributed by atoms with van der Waals surface area (Å²) in [5.41, 5.74) is 10.8. The van der Waals surface area contributed by atoms with Crippen molar-refractivity contribution < 1.29 is 0 Å². The molecule has 1 aromatic heterocycles. The van der Waals surface area contributed by atoms with E-state index in [4.69, 9.17) is 5.73 Å². The van der Waals surface area contributed by atoms with E-state index >= 15 is 0 Å². The maximum atomic E-state index is 6.00. The molecule has 1 aromatic carbocycles. The second-order valence-electron chi connectivity index (χ2n) is 4.23. The van der Waals surface area contributed by atoms with Gasteiger partial charge in [-0.1, -0.05) is 6.07 Å². The van der Waals surface area contributed by atoms with Crippen molar-refractivity contribution in [2.75, 3.05) is 11.1 Å². The molecule has 2 aromatic rings. The van der Waals surface area contributed by atoms with Gasteiger partial charge in [-0.3, -0.25) is 0 Å². The largest absolute Gasteiger partial charge is 0.396 e. The Bertz CT molecular complexity index is 547. The van der Waals surface area contributed by atoms with Crippen molar-refractivity contribution in [1.29, 1.82) is 0 Å². The minimum Gasteiger partial charge on any atom is -0.396 e. The van der Waals surface area contributed by atoms with Gasteiger partial charge in [0, 0.05) is 11.4 Å². The standard InChI is InChI=1S/C14H16N3/c1-9-5-4-6-12(7-9)17-14-13(15)10(2)8-11(3)16-14/h4,6-8H,15H2,1-3H3,(H,16,17). The van der Waals surface area contributed by atoms with Gasteiger partial charge in [-0.05, 0) is 56.2 Å². The fourth-order valence-corrected chi connectivity index (χ4v) is 1.74. The van der Waals surface area contributed by atoms with Gasteiger partial charge in [0.05, 0.1) is 5.69 Å². The fourth-order valence-electron chi connectivity index (χ4n) is 1.74. The number of aryl methyl sites for hydroxylation is 3.